The maximum atomic E-state index is 4.65. The van der Waals surface area contributed by atoms with Crippen molar-refractivity contribution in [2.45, 2.75) is 13.5 Å². The van der Waals surface area contributed by atoms with Crippen molar-refractivity contribution in [2.75, 3.05) is 18.5 Å². The summed E-state index contributed by atoms with van der Waals surface area (Å²) in [6.07, 6.45) is 0. The molecule has 18 heavy (non-hydrogen) atoms. The topological polar surface area (TPSA) is 28.2 Å². The van der Waals surface area contributed by atoms with Gasteiger partial charge in [-0.3, -0.25) is 0 Å². The van der Waals surface area contributed by atoms with Gasteiger partial charge in [-0.15, -0.1) is 0 Å². The standard InChI is InChI=1S/C15H19N3/c1-3-16-12-13-8-7-11-15(17-13)18(2)14-9-5-4-6-10-14/h4-11,16H,3,12H2,1-2H3. The quantitative estimate of drug-likeness (QED) is 0.872. The first-order valence-electron chi connectivity index (χ1n) is 6.26. The Bertz CT molecular complexity index is 482. The van der Waals surface area contributed by atoms with E-state index in [-0.39, 0.29) is 0 Å². The number of nitrogens with zero attached hydrogens (tertiary/aromatic N) is 2. The normalized spacial score (nSPS) is 10.3. The Kier molecular flexibility index (Phi) is 4.31. The van der Waals surface area contributed by atoms with Gasteiger partial charge in [0, 0.05) is 19.3 Å². The molecule has 0 unspecified atom stereocenters. The molecule has 1 aromatic carbocycles. The average molecular weight is 241 g/mol. The highest BCUT2D eigenvalue weighted by Crippen LogP contribution is 2.20. The highest BCUT2D eigenvalue weighted by molar-refractivity contribution is 5.58. The lowest BCUT2D eigenvalue weighted by molar-refractivity contribution is 0.710. The molecule has 0 amide bonds. The second-order valence-electron chi connectivity index (χ2n) is 4.16. The number of hydrogen-bond donors (Lipinski definition) is 1. The molecule has 2 rings (SSSR count). The molecule has 3 nitrogen and oxygen atoms in total. The number of benzene rings is 1. The Hall–Kier alpha value is -1.87. The van der Waals surface area contributed by atoms with Crippen LogP contribution in [0.3, 0.4) is 0 Å². The van der Waals surface area contributed by atoms with Crippen molar-refractivity contribution in [3.8, 4) is 0 Å². The van der Waals surface area contributed by atoms with Crippen molar-refractivity contribution in [1.82, 2.24) is 10.3 Å². The summed E-state index contributed by atoms with van der Waals surface area (Å²) in [5.74, 6) is 0.969. The molecule has 0 saturated carbocycles. The van der Waals surface area contributed by atoms with Gasteiger partial charge in [-0.2, -0.15) is 0 Å². The van der Waals surface area contributed by atoms with E-state index in [1.54, 1.807) is 0 Å². The summed E-state index contributed by atoms with van der Waals surface area (Å²) >= 11 is 0. The zero-order valence-electron chi connectivity index (χ0n) is 10.9. The molecule has 1 heterocycles. The first-order chi connectivity index (χ1) is 8.81. The largest absolute Gasteiger partial charge is 0.329 e. The van der Waals surface area contributed by atoms with Gasteiger partial charge < -0.3 is 10.2 Å². The smallest absolute Gasteiger partial charge is 0.133 e. The van der Waals surface area contributed by atoms with Crippen LogP contribution in [0.15, 0.2) is 48.5 Å². The number of para-hydroxylation sites is 1. The SMILES string of the molecule is CCNCc1cccc(N(C)c2ccccc2)n1. The summed E-state index contributed by atoms with van der Waals surface area (Å²) in [5, 5.41) is 3.29. The second kappa shape index (κ2) is 6.17. The Morgan fingerprint density at radius 1 is 1.06 bits per heavy atom. The summed E-state index contributed by atoms with van der Waals surface area (Å²) in [5.41, 5.74) is 2.21. The number of anilines is 2. The van der Waals surface area contributed by atoms with Gasteiger partial charge in [0.1, 0.15) is 5.82 Å². The molecule has 0 radical (unpaired) electrons. The van der Waals surface area contributed by atoms with Crippen LogP contribution in [-0.4, -0.2) is 18.6 Å². The average Bonchev–Trinajstić information content (AvgIpc) is 2.45. The first-order valence-corrected chi connectivity index (χ1v) is 6.26. The van der Waals surface area contributed by atoms with Crippen LogP contribution in [0.4, 0.5) is 11.5 Å². The first kappa shape index (κ1) is 12.6. The predicted octanol–water partition coefficient (Wildman–Crippen LogP) is 2.96. The minimum Gasteiger partial charge on any atom is -0.329 e. The lowest BCUT2D eigenvalue weighted by atomic mass is 10.3. The van der Waals surface area contributed by atoms with Gasteiger partial charge in [0.25, 0.3) is 0 Å². The zero-order chi connectivity index (χ0) is 12.8. The molecule has 0 fully saturated rings. The minimum atomic E-state index is 0.812. The highest BCUT2D eigenvalue weighted by Gasteiger charge is 2.05. The van der Waals surface area contributed by atoms with E-state index in [2.05, 4.69) is 40.3 Å². The Morgan fingerprint density at radius 2 is 1.83 bits per heavy atom. The van der Waals surface area contributed by atoms with Gasteiger partial charge in [0.15, 0.2) is 0 Å². The lowest BCUT2D eigenvalue weighted by Crippen LogP contribution is -2.15. The monoisotopic (exact) mass is 241 g/mol. The predicted molar refractivity (Wildman–Crippen MR) is 76.1 cm³/mol. The molecule has 1 aromatic heterocycles. The molecule has 0 aliphatic heterocycles. The Balaban J connectivity index is 2.17. The van der Waals surface area contributed by atoms with Gasteiger partial charge in [0.2, 0.25) is 0 Å². The number of aromatic nitrogens is 1. The molecular weight excluding hydrogens is 222 g/mol. The van der Waals surface area contributed by atoms with Crippen molar-refractivity contribution in [1.29, 1.82) is 0 Å². The van der Waals surface area contributed by atoms with E-state index < -0.39 is 0 Å². The highest BCUT2D eigenvalue weighted by atomic mass is 15.2. The molecule has 3 heteroatoms. The molecule has 0 aliphatic rings. The molecule has 2 aromatic rings. The fraction of sp³-hybridized carbons (Fsp3) is 0.267. The van der Waals surface area contributed by atoms with Crippen molar-refractivity contribution in [3.05, 3.63) is 54.2 Å². The number of nitrogens with one attached hydrogen (secondary N) is 1. The second-order valence-corrected chi connectivity index (χ2v) is 4.16. The fourth-order valence-corrected chi connectivity index (χ4v) is 1.79. The van der Waals surface area contributed by atoms with Crippen molar-refractivity contribution in [3.63, 3.8) is 0 Å². The maximum absolute atomic E-state index is 4.65. The van der Waals surface area contributed by atoms with Crippen LogP contribution in [-0.2, 0) is 6.54 Å². The summed E-state index contributed by atoms with van der Waals surface area (Å²) < 4.78 is 0. The van der Waals surface area contributed by atoms with Crippen LogP contribution >= 0.6 is 0 Å². The third-order valence-electron chi connectivity index (χ3n) is 2.84. The van der Waals surface area contributed by atoms with Crippen LogP contribution in [0.5, 0.6) is 0 Å². The molecule has 0 spiro atoms. The maximum Gasteiger partial charge on any atom is 0.133 e. The minimum absolute atomic E-state index is 0.812. The summed E-state index contributed by atoms with van der Waals surface area (Å²) in [4.78, 5) is 6.74. The van der Waals surface area contributed by atoms with E-state index in [1.807, 2.05) is 37.4 Å². The van der Waals surface area contributed by atoms with Crippen LogP contribution < -0.4 is 10.2 Å². The van der Waals surface area contributed by atoms with E-state index in [9.17, 15) is 0 Å². The number of pyridine rings is 1. The van der Waals surface area contributed by atoms with E-state index in [0.717, 1.165) is 30.3 Å². The van der Waals surface area contributed by atoms with E-state index >= 15 is 0 Å². The van der Waals surface area contributed by atoms with Crippen LogP contribution in [0, 0.1) is 0 Å². The molecule has 0 saturated heterocycles. The van der Waals surface area contributed by atoms with Gasteiger partial charge in [-0.05, 0) is 30.8 Å². The third kappa shape index (κ3) is 3.08. The summed E-state index contributed by atoms with van der Waals surface area (Å²) in [6, 6.07) is 16.4. The molecule has 0 aliphatic carbocycles. The van der Waals surface area contributed by atoms with Crippen molar-refractivity contribution < 1.29 is 0 Å². The van der Waals surface area contributed by atoms with Crippen LogP contribution in [0.25, 0.3) is 0 Å². The van der Waals surface area contributed by atoms with E-state index in [0.29, 0.717) is 0 Å². The number of rotatable bonds is 5. The molecule has 94 valence electrons. The van der Waals surface area contributed by atoms with Gasteiger partial charge in [0.05, 0.1) is 5.69 Å². The van der Waals surface area contributed by atoms with Crippen LogP contribution in [0.2, 0.25) is 0 Å². The van der Waals surface area contributed by atoms with Crippen LogP contribution in [0.1, 0.15) is 12.6 Å². The molecule has 1 N–H and O–H groups in total. The molecular formula is C15H19N3. The van der Waals surface area contributed by atoms with Gasteiger partial charge in [-0.25, -0.2) is 4.98 Å². The summed E-state index contributed by atoms with van der Waals surface area (Å²) in [7, 11) is 2.04. The van der Waals surface area contributed by atoms with Crippen molar-refractivity contribution >= 4 is 11.5 Å². The molecule has 0 atom stereocenters. The van der Waals surface area contributed by atoms with E-state index in [4.69, 9.17) is 0 Å². The lowest BCUT2D eigenvalue weighted by Gasteiger charge is -2.18. The van der Waals surface area contributed by atoms with E-state index in [1.165, 1.54) is 0 Å². The zero-order valence-corrected chi connectivity index (χ0v) is 10.9. The summed E-state index contributed by atoms with van der Waals surface area (Å²) in [6.45, 7) is 3.87. The number of hydrogen-bond acceptors (Lipinski definition) is 3. The fourth-order valence-electron chi connectivity index (χ4n) is 1.79. The van der Waals surface area contributed by atoms with Gasteiger partial charge in [-0.1, -0.05) is 31.2 Å². The Morgan fingerprint density at radius 3 is 2.56 bits per heavy atom. The molecule has 0 bridgehead atoms. The third-order valence-corrected chi connectivity index (χ3v) is 2.84. The van der Waals surface area contributed by atoms with Crippen molar-refractivity contribution in [2.24, 2.45) is 0 Å². The van der Waals surface area contributed by atoms with Gasteiger partial charge >= 0.3 is 0 Å². The Labute approximate surface area is 108 Å².